The molecule has 0 atom stereocenters. The van der Waals surface area contributed by atoms with Crippen molar-refractivity contribution in [3.05, 3.63) is 70.8 Å². The molecule has 2 aromatic carbocycles. The van der Waals surface area contributed by atoms with Crippen molar-refractivity contribution in [3.63, 3.8) is 0 Å². The van der Waals surface area contributed by atoms with Crippen LogP contribution in [0.4, 0.5) is 0 Å². The van der Waals surface area contributed by atoms with Gasteiger partial charge < -0.3 is 9.64 Å². The van der Waals surface area contributed by atoms with E-state index < -0.39 is 5.97 Å². The minimum Gasteiger partial charge on any atom is -0.465 e. The summed E-state index contributed by atoms with van der Waals surface area (Å²) in [6, 6.07) is 14.5. The van der Waals surface area contributed by atoms with E-state index in [4.69, 9.17) is 4.74 Å². The number of ketones is 1. The lowest BCUT2D eigenvalue weighted by atomic mass is 9.95. The number of hydrogen-bond donors (Lipinski definition) is 0. The predicted octanol–water partition coefficient (Wildman–Crippen LogP) is 4.15. The Morgan fingerprint density at radius 2 is 1.67 bits per heavy atom. The van der Waals surface area contributed by atoms with E-state index in [9.17, 15) is 9.59 Å². The minimum absolute atomic E-state index is 0. The largest absolute Gasteiger partial charge is 0.465 e. The molecule has 1 saturated heterocycles. The van der Waals surface area contributed by atoms with Crippen LogP contribution in [0.1, 0.15) is 51.1 Å². The molecule has 0 radical (unpaired) electrons. The molecule has 27 heavy (non-hydrogen) atoms. The van der Waals surface area contributed by atoms with Crippen molar-refractivity contribution in [1.82, 2.24) is 4.90 Å². The second kappa shape index (κ2) is 10.2. The molecule has 0 saturated carbocycles. The first-order valence-electron chi connectivity index (χ1n) is 9.22. The van der Waals surface area contributed by atoms with Crippen molar-refractivity contribution < 1.29 is 14.3 Å². The van der Waals surface area contributed by atoms with Crippen LogP contribution in [0.15, 0.2) is 48.5 Å². The number of halogens is 1. The van der Waals surface area contributed by atoms with Gasteiger partial charge in [0.15, 0.2) is 5.78 Å². The molecule has 0 aromatic heterocycles. The van der Waals surface area contributed by atoms with Crippen molar-refractivity contribution in [2.45, 2.75) is 25.7 Å². The third-order valence-corrected chi connectivity index (χ3v) is 4.94. The molecule has 1 fully saturated rings. The number of piperidine rings is 1. The Balaban J connectivity index is 0.00000261. The van der Waals surface area contributed by atoms with E-state index in [1.54, 1.807) is 18.2 Å². The SMILES string of the molecule is COC(=O)c1cc(CCN2CCCCC2)ccc1C(=O)c1ccccc1.Cl. The van der Waals surface area contributed by atoms with Crippen LogP contribution in [0, 0.1) is 0 Å². The molecule has 144 valence electrons. The van der Waals surface area contributed by atoms with Crippen LogP contribution in [-0.2, 0) is 11.2 Å². The highest BCUT2D eigenvalue weighted by atomic mass is 35.5. The Kier molecular flexibility index (Phi) is 8.01. The Hall–Kier alpha value is -2.17. The fourth-order valence-corrected chi connectivity index (χ4v) is 3.44. The molecular weight excluding hydrogens is 362 g/mol. The third-order valence-electron chi connectivity index (χ3n) is 4.94. The van der Waals surface area contributed by atoms with Crippen molar-refractivity contribution in [2.75, 3.05) is 26.7 Å². The quantitative estimate of drug-likeness (QED) is 0.551. The van der Waals surface area contributed by atoms with Gasteiger partial charge in [-0.3, -0.25) is 4.79 Å². The molecular formula is C22H26ClNO3. The van der Waals surface area contributed by atoms with Gasteiger partial charge in [0.2, 0.25) is 0 Å². The number of methoxy groups -OCH3 is 1. The number of rotatable bonds is 6. The van der Waals surface area contributed by atoms with Crippen LogP contribution in [0.5, 0.6) is 0 Å². The molecule has 0 aliphatic carbocycles. The summed E-state index contributed by atoms with van der Waals surface area (Å²) in [5.41, 5.74) is 2.36. The van der Waals surface area contributed by atoms with Crippen LogP contribution in [0.3, 0.4) is 0 Å². The van der Waals surface area contributed by atoms with Crippen LogP contribution >= 0.6 is 12.4 Å². The zero-order chi connectivity index (χ0) is 18.4. The van der Waals surface area contributed by atoms with E-state index in [0.717, 1.165) is 31.6 Å². The van der Waals surface area contributed by atoms with E-state index >= 15 is 0 Å². The number of carbonyl (C=O) groups is 2. The van der Waals surface area contributed by atoms with Gasteiger partial charge in [-0.05, 0) is 50.0 Å². The second-order valence-electron chi connectivity index (χ2n) is 6.72. The molecule has 0 amide bonds. The summed E-state index contributed by atoms with van der Waals surface area (Å²) in [7, 11) is 1.35. The van der Waals surface area contributed by atoms with Gasteiger partial charge in [-0.1, -0.05) is 42.8 Å². The van der Waals surface area contributed by atoms with Crippen molar-refractivity contribution in [2.24, 2.45) is 0 Å². The molecule has 1 aliphatic heterocycles. The van der Waals surface area contributed by atoms with Gasteiger partial charge in [0.1, 0.15) is 0 Å². The normalized spacial score (nSPS) is 14.3. The average Bonchev–Trinajstić information content (AvgIpc) is 2.72. The third kappa shape index (κ3) is 5.41. The molecule has 3 rings (SSSR count). The summed E-state index contributed by atoms with van der Waals surface area (Å²) in [4.78, 5) is 27.5. The highest BCUT2D eigenvalue weighted by Crippen LogP contribution is 2.19. The summed E-state index contributed by atoms with van der Waals surface area (Å²) < 4.78 is 4.91. The number of hydrogen-bond acceptors (Lipinski definition) is 4. The van der Waals surface area contributed by atoms with Gasteiger partial charge in [0.05, 0.1) is 12.7 Å². The lowest BCUT2D eigenvalue weighted by Gasteiger charge is -2.26. The molecule has 4 nitrogen and oxygen atoms in total. The molecule has 1 heterocycles. The Bertz CT molecular complexity index is 770. The summed E-state index contributed by atoms with van der Waals surface area (Å²) in [6.07, 6.45) is 4.71. The smallest absolute Gasteiger partial charge is 0.338 e. The van der Waals surface area contributed by atoms with Crippen molar-refractivity contribution in [3.8, 4) is 0 Å². The highest BCUT2D eigenvalue weighted by Gasteiger charge is 2.20. The van der Waals surface area contributed by atoms with Crippen molar-refractivity contribution >= 4 is 24.2 Å². The standard InChI is InChI=1S/C22H25NO3.ClH/c1-26-22(25)20-16-17(12-15-23-13-6-3-7-14-23)10-11-19(20)21(24)18-8-4-2-5-9-18;/h2,4-5,8-11,16H,3,6-7,12-15H2,1H3;1H. The summed E-state index contributed by atoms with van der Waals surface area (Å²) in [5, 5.41) is 0. The maximum absolute atomic E-state index is 12.8. The van der Waals surface area contributed by atoms with Gasteiger partial charge in [-0.2, -0.15) is 0 Å². The Morgan fingerprint density at radius 3 is 2.33 bits per heavy atom. The average molecular weight is 388 g/mol. The van der Waals surface area contributed by atoms with E-state index in [0.29, 0.717) is 16.7 Å². The molecule has 2 aromatic rings. The fourth-order valence-electron chi connectivity index (χ4n) is 3.44. The summed E-state index contributed by atoms with van der Waals surface area (Å²) >= 11 is 0. The van der Waals surface area contributed by atoms with Crippen LogP contribution < -0.4 is 0 Å². The Labute approximate surface area is 166 Å². The van der Waals surface area contributed by atoms with Gasteiger partial charge >= 0.3 is 5.97 Å². The summed E-state index contributed by atoms with van der Waals surface area (Å²) in [5.74, 6) is -0.627. The first-order chi connectivity index (χ1) is 12.7. The number of benzene rings is 2. The highest BCUT2D eigenvalue weighted by molar-refractivity contribution is 6.14. The molecule has 0 bridgehead atoms. The van der Waals surface area contributed by atoms with Gasteiger partial charge in [0.25, 0.3) is 0 Å². The number of nitrogens with zero attached hydrogens (tertiary/aromatic N) is 1. The van der Waals surface area contributed by atoms with Crippen LogP contribution in [-0.4, -0.2) is 43.4 Å². The van der Waals surface area contributed by atoms with Crippen LogP contribution in [0.25, 0.3) is 0 Å². The minimum atomic E-state index is -0.468. The first kappa shape index (κ1) is 21.1. The lowest BCUT2D eigenvalue weighted by molar-refractivity contribution is 0.0597. The second-order valence-corrected chi connectivity index (χ2v) is 6.72. The van der Waals surface area contributed by atoms with Gasteiger partial charge in [-0.15, -0.1) is 12.4 Å². The lowest BCUT2D eigenvalue weighted by Crippen LogP contribution is -2.31. The number of esters is 1. The van der Waals surface area contributed by atoms with E-state index in [-0.39, 0.29) is 18.2 Å². The zero-order valence-corrected chi connectivity index (χ0v) is 16.5. The van der Waals surface area contributed by atoms with Gasteiger partial charge in [0, 0.05) is 17.7 Å². The predicted molar refractivity (Wildman–Crippen MR) is 109 cm³/mol. The first-order valence-corrected chi connectivity index (χ1v) is 9.22. The maximum atomic E-state index is 12.8. The van der Waals surface area contributed by atoms with E-state index in [1.165, 1.54) is 26.4 Å². The monoisotopic (exact) mass is 387 g/mol. The van der Waals surface area contributed by atoms with E-state index in [2.05, 4.69) is 4.90 Å². The van der Waals surface area contributed by atoms with Crippen molar-refractivity contribution in [1.29, 1.82) is 0 Å². The topological polar surface area (TPSA) is 46.6 Å². The molecule has 0 spiro atoms. The fraction of sp³-hybridized carbons (Fsp3) is 0.364. The molecule has 1 aliphatic rings. The van der Waals surface area contributed by atoms with Crippen LogP contribution in [0.2, 0.25) is 0 Å². The van der Waals surface area contributed by atoms with Gasteiger partial charge in [-0.25, -0.2) is 4.79 Å². The maximum Gasteiger partial charge on any atom is 0.338 e. The summed E-state index contributed by atoms with van der Waals surface area (Å²) in [6.45, 7) is 3.27. The number of ether oxygens (including phenoxy) is 1. The van der Waals surface area contributed by atoms with E-state index in [1.807, 2.05) is 30.3 Å². The number of likely N-dealkylation sites (tertiary alicyclic amines) is 1. The molecule has 0 N–H and O–H groups in total. The molecule has 0 unspecified atom stereocenters. The Morgan fingerprint density at radius 1 is 0.963 bits per heavy atom. The molecule has 5 heteroatoms. The zero-order valence-electron chi connectivity index (χ0n) is 15.6. The number of carbonyl (C=O) groups excluding carboxylic acids is 2.